The third-order valence-electron chi connectivity index (χ3n) is 3.78. The number of urea groups is 1. The van der Waals surface area contributed by atoms with Crippen molar-refractivity contribution in [2.45, 2.75) is 19.5 Å². The lowest BCUT2D eigenvalue weighted by Gasteiger charge is -2.34. The minimum atomic E-state index is -4.45. The van der Waals surface area contributed by atoms with E-state index in [2.05, 4.69) is 10.1 Å². The molecule has 2 amide bonds. The molecule has 2 atom stereocenters. The molecule has 1 aromatic rings. The van der Waals surface area contributed by atoms with Gasteiger partial charge in [0, 0.05) is 24.8 Å². The summed E-state index contributed by atoms with van der Waals surface area (Å²) < 4.78 is 41.2. The van der Waals surface area contributed by atoms with Crippen LogP contribution in [0.5, 0.6) is 5.75 Å². The average molecular weight is 360 g/mol. The molecule has 2 rings (SSSR count). The van der Waals surface area contributed by atoms with Gasteiger partial charge in [0.1, 0.15) is 5.75 Å². The molecule has 1 aliphatic heterocycles. The van der Waals surface area contributed by atoms with Crippen LogP contribution >= 0.6 is 0 Å². The lowest BCUT2D eigenvalue weighted by molar-refractivity contribution is -0.153. The Balaban J connectivity index is 1.99. The zero-order valence-corrected chi connectivity index (χ0v) is 13.5. The third kappa shape index (κ3) is 5.84. The van der Waals surface area contributed by atoms with Crippen LogP contribution in [0.15, 0.2) is 24.3 Å². The standard InChI is InChI=1S/C16H19F3N2O4/c1-10-5-11(14(22)23)8-21(7-10)15(24)20-12-3-2-4-13(6-12)25-9-16(17,18)19/h2-4,6,10-11H,5,7-9H2,1H3,(H,20,24)(H,22,23). The average Bonchev–Trinajstić information content (AvgIpc) is 2.52. The summed E-state index contributed by atoms with van der Waals surface area (Å²) in [6, 6.07) is 5.11. The van der Waals surface area contributed by atoms with Crippen molar-refractivity contribution in [1.29, 1.82) is 0 Å². The van der Waals surface area contributed by atoms with E-state index in [9.17, 15) is 22.8 Å². The second-order valence-electron chi connectivity index (χ2n) is 6.14. The van der Waals surface area contributed by atoms with E-state index in [1.54, 1.807) is 0 Å². The number of amides is 2. The van der Waals surface area contributed by atoms with Crippen LogP contribution in [-0.2, 0) is 4.79 Å². The van der Waals surface area contributed by atoms with E-state index in [1.807, 2.05) is 6.92 Å². The highest BCUT2D eigenvalue weighted by molar-refractivity contribution is 5.90. The Kier molecular flexibility index (Phi) is 5.76. The molecular formula is C16H19F3N2O4. The molecule has 1 fully saturated rings. The predicted molar refractivity (Wildman–Crippen MR) is 83.5 cm³/mol. The fourth-order valence-corrected chi connectivity index (χ4v) is 2.73. The number of aliphatic carboxylic acids is 1. The van der Waals surface area contributed by atoms with E-state index < -0.39 is 30.7 Å². The minimum Gasteiger partial charge on any atom is -0.484 e. The SMILES string of the molecule is CC1CC(C(=O)O)CN(C(=O)Nc2cccc(OCC(F)(F)F)c2)C1. The van der Waals surface area contributed by atoms with E-state index in [4.69, 9.17) is 5.11 Å². The number of benzene rings is 1. The summed E-state index contributed by atoms with van der Waals surface area (Å²) >= 11 is 0. The van der Waals surface area contributed by atoms with Gasteiger partial charge in [-0.2, -0.15) is 13.2 Å². The van der Waals surface area contributed by atoms with Crippen LogP contribution in [0.2, 0.25) is 0 Å². The molecule has 0 aromatic heterocycles. The van der Waals surface area contributed by atoms with E-state index in [0.717, 1.165) is 0 Å². The molecule has 138 valence electrons. The molecule has 0 aliphatic carbocycles. The van der Waals surface area contributed by atoms with E-state index in [0.29, 0.717) is 13.0 Å². The summed E-state index contributed by atoms with van der Waals surface area (Å²) in [5.41, 5.74) is 0.273. The Labute approximate surface area is 142 Å². The number of carboxylic acids is 1. The van der Waals surface area contributed by atoms with Gasteiger partial charge in [0.15, 0.2) is 6.61 Å². The Morgan fingerprint density at radius 3 is 2.72 bits per heavy atom. The maximum Gasteiger partial charge on any atom is 0.422 e. The first kappa shape index (κ1) is 18.9. The fourth-order valence-electron chi connectivity index (χ4n) is 2.73. The number of likely N-dealkylation sites (tertiary alicyclic amines) is 1. The van der Waals surface area contributed by atoms with E-state index >= 15 is 0 Å². The number of anilines is 1. The topological polar surface area (TPSA) is 78.9 Å². The number of nitrogens with one attached hydrogen (secondary N) is 1. The van der Waals surface area contributed by atoms with Crippen molar-refractivity contribution in [2.24, 2.45) is 11.8 Å². The van der Waals surface area contributed by atoms with Gasteiger partial charge < -0.3 is 20.1 Å². The van der Waals surface area contributed by atoms with Gasteiger partial charge in [-0.25, -0.2) is 4.79 Å². The van der Waals surface area contributed by atoms with Gasteiger partial charge in [0.25, 0.3) is 0 Å². The fraction of sp³-hybridized carbons (Fsp3) is 0.500. The highest BCUT2D eigenvalue weighted by Crippen LogP contribution is 2.24. The number of rotatable bonds is 4. The van der Waals surface area contributed by atoms with Gasteiger partial charge in [-0.15, -0.1) is 0 Å². The number of hydrogen-bond donors (Lipinski definition) is 2. The van der Waals surface area contributed by atoms with Gasteiger partial charge in [0.2, 0.25) is 0 Å². The first-order valence-electron chi connectivity index (χ1n) is 7.72. The van der Waals surface area contributed by atoms with Crippen molar-refractivity contribution in [1.82, 2.24) is 4.90 Å². The molecule has 0 spiro atoms. The number of alkyl halides is 3. The van der Waals surface area contributed by atoms with Crippen LogP contribution in [0.4, 0.5) is 23.7 Å². The van der Waals surface area contributed by atoms with Gasteiger partial charge in [0.05, 0.1) is 5.92 Å². The van der Waals surface area contributed by atoms with Crippen molar-refractivity contribution in [3.8, 4) is 5.75 Å². The second-order valence-corrected chi connectivity index (χ2v) is 6.14. The van der Waals surface area contributed by atoms with Crippen LogP contribution in [-0.4, -0.2) is 47.9 Å². The first-order valence-corrected chi connectivity index (χ1v) is 7.72. The molecule has 2 unspecified atom stereocenters. The number of nitrogens with zero attached hydrogens (tertiary/aromatic N) is 1. The van der Waals surface area contributed by atoms with E-state index in [1.165, 1.54) is 29.2 Å². The third-order valence-corrected chi connectivity index (χ3v) is 3.78. The van der Waals surface area contributed by atoms with Crippen LogP contribution in [0.25, 0.3) is 0 Å². The van der Waals surface area contributed by atoms with Gasteiger partial charge >= 0.3 is 18.2 Å². The van der Waals surface area contributed by atoms with Crippen molar-refractivity contribution >= 4 is 17.7 Å². The van der Waals surface area contributed by atoms with Crippen molar-refractivity contribution < 1.29 is 32.6 Å². The first-order chi connectivity index (χ1) is 11.6. The minimum absolute atomic E-state index is 0.0226. The zero-order chi connectivity index (χ0) is 18.6. The Bertz CT molecular complexity index is 636. The molecule has 0 bridgehead atoms. The highest BCUT2D eigenvalue weighted by Gasteiger charge is 2.32. The molecule has 1 saturated heterocycles. The summed E-state index contributed by atoms with van der Waals surface area (Å²) in [7, 11) is 0. The summed E-state index contributed by atoms with van der Waals surface area (Å²) in [5, 5.41) is 11.7. The summed E-state index contributed by atoms with van der Waals surface area (Å²) in [4.78, 5) is 24.9. The van der Waals surface area contributed by atoms with Crippen LogP contribution in [0.3, 0.4) is 0 Å². The van der Waals surface area contributed by atoms with Crippen LogP contribution in [0.1, 0.15) is 13.3 Å². The molecule has 1 aromatic carbocycles. The lowest BCUT2D eigenvalue weighted by Crippen LogP contribution is -2.47. The Morgan fingerprint density at radius 2 is 2.08 bits per heavy atom. The van der Waals surface area contributed by atoms with Crippen molar-refractivity contribution in [3.63, 3.8) is 0 Å². The maximum absolute atomic E-state index is 12.3. The van der Waals surface area contributed by atoms with E-state index in [-0.39, 0.29) is 23.9 Å². The molecule has 1 heterocycles. The largest absolute Gasteiger partial charge is 0.484 e. The molecule has 25 heavy (non-hydrogen) atoms. The number of hydrogen-bond acceptors (Lipinski definition) is 3. The van der Waals surface area contributed by atoms with Crippen LogP contribution in [0, 0.1) is 11.8 Å². The molecular weight excluding hydrogens is 341 g/mol. The van der Waals surface area contributed by atoms with Crippen LogP contribution < -0.4 is 10.1 Å². The number of piperidine rings is 1. The summed E-state index contributed by atoms with van der Waals surface area (Å²) in [5.74, 6) is -1.56. The number of carboxylic acid groups (broad SMARTS) is 1. The number of ether oxygens (including phenoxy) is 1. The maximum atomic E-state index is 12.3. The second kappa shape index (κ2) is 7.62. The van der Waals surface area contributed by atoms with Gasteiger partial charge in [-0.3, -0.25) is 4.79 Å². The molecule has 6 nitrogen and oxygen atoms in total. The number of carbonyl (C=O) groups excluding carboxylic acids is 1. The molecule has 9 heteroatoms. The monoisotopic (exact) mass is 360 g/mol. The normalized spacial score (nSPS) is 20.9. The highest BCUT2D eigenvalue weighted by atomic mass is 19.4. The summed E-state index contributed by atoms with van der Waals surface area (Å²) in [6.45, 7) is 0.949. The summed E-state index contributed by atoms with van der Waals surface area (Å²) in [6.07, 6.45) is -3.95. The number of carbonyl (C=O) groups is 2. The molecule has 2 N–H and O–H groups in total. The Hall–Kier alpha value is -2.45. The predicted octanol–water partition coefficient (Wildman–Crippen LogP) is 3.20. The number of halogens is 3. The van der Waals surface area contributed by atoms with Gasteiger partial charge in [-0.1, -0.05) is 13.0 Å². The quantitative estimate of drug-likeness (QED) is 0.864. The van der Waals surface area contributed by atoms with Crippen molar-refractivity contribution in [2.75, 3.05) is 25.0 Å². The Morgan fingerprint density at radius 1 is 1.36 bits per heavy atom. The zero-order valence-electron chi connectivity index (χ0n) is 13.5. The molecule has 0 radical (unpaired) electrons. The molecule has 1 aliphatic rings. The molecule has 0 saturated carbocycles. The lowest BCUT2D eigenvalue weighted by atomic mass is 9.91. The smallest absolute Gasteiger partial charge is 0.422 e. The van der Waals surface area contributed by atoms with Gasteiger partial charge in [-0.05, 0) is 24.5 Å². The van der Waals surface area contributed by atoms with Crippen molar-refractivity contribution in [3.05, 3.63) is 24.3 Å².